The quantitative estimate of drug-likeness (QED) is 0.851. The van der Waals surface area contributed by atoms with E-state index in [1.54, 1.807) is 10.9 Å². The first-order valence-electron chi connectivity index (χ1n) is 8.42. The zero-order valence-electron chi connectivity index (χ0n) is 14.0. The van der Waals surface area contributed by atoms with Crippen molar-refractivity contribution in [3.63, 3.8) is 0 Å². The average molecular weight is 313 g/mol. The Kier molecular flexibility index (Phi) is 3.32. The fourth-order valence-electron chi connectivity index (χ4n) is 3.18. The van der Waals surface area contributed by atoms with Gasteiger partial charge in [0.1, 0.15) is 11.5 Å². The number of aryl methyl sites for hydroxylation is 1. The van der Waals surface area contributed by atoms with E-state index in [0.29, 0.717) is 24.1 Å². The van der Waals surface area contributed by atoms with Crippen LogP contribution >= 0.6 is 0 Å². The molecule has 2 aromatic rings. The molecule has 2 aliphatic rings. The number of hydrogen-bond acceptors (Lipinski definition) is 3. The van der Waals surface area contributed by atoms with E-state index >= 15 is 0 Å². The molecule has 0 aromatic carbocycles. The van der Waals surface area contributed by atoms with Crippen LogP contribution in [0.1, 0.15) is 59.7 Å². The van der Waals surface area contributed by atoms with Crippen molar-refractivity contribution >= 4 is 5.91 Å². The zero-order valence-corrected chi connectivity index (χ0v) is 14.0. The third-order valence-corrected chi connectivity index (χ3v) is 5.20. The molecule has 23 heavy (non-hydrogen) atoms. The summed E-state index contributed by atoms with van der Waals surface area (Å²) in [6, 6.07) is 4.45. The maximum absolute atomic E-state index is 12.9. The Labute approximate surface area is 136 Å². The Hall–Kier alpha value is -2.04. The molecule has 0 bridgehead atoms. The number of amides is 1. The van der Waals surface area contributed by atoms with E-state index in [1.807, 2.05) is 24.9 Å². The first-order chi connectivity index (χ1) is 11.0. The fourth-order valence-corrected chi connectivity index (χ4v) is 3.18. The van der Waals surface area contributed by atoms with Gasteiger partial charge in [0.2, 0.25) is 0 Å². The molecule has 0 N–H and O–H groups in total. The van der Waals surface area contributed by atoms with Crippen molar-refractivity contribution in [2.24, 2.45) is 13.0 Å². The molecular formula is C18H23N3O2. The number of aromatic nitrogens is 2. The van der Waals surface area contributed by atoms with Gasteiger partial charge in [0.25, 0.3) is 5.91 Å². The Bertz CT molecular complexity index is 741. The molecule has 2 fully saturated rings. The van der Waals surface area contributed by atoms with Crippen LogP contribution in [0.4, 0.5) is 0 Å². The van der Waals surface area contributed by atoms with Gasteiger partial charge in [0.15, 0.2) is 0 Å². The van der Waals surface area contributed by atoms with Crippen LogP contribution < -0.4 is 0 Å². The van der Waals surface area contributed by atoms with Crippen LogP contribution in [0.3, 0.4) is 0 Å². The number of carbonyl (C=O) groups excluding carboxylic acids is 1. The maximum atomic E-state index is 12.9. The molecule has 1 amide bonds. The standard InChI is InChI=1S/C18H23N3O2/c1-11-8-15(11)17-7-6-14(23-17)10-21(13-4-5-13)18(22)16-9-19-20(3)12(16)2/h6-7,9,11,13,15H,4-5,8,10H2,1-3H3/t11-,15+/m1/s1. The normalized spacial score (nSPS) is 23.1. The Morgan fingerprint density at radius 3 is 2.74 bits per heavy atom. The second-order valence-corrected chi connectivity index (χ2v) is 7.06. The van der Waals surface area contributed by atoms with E-state index in [-0.39, 0.29) is 5.91 Å². The highest BCUT2D eigenvalue weighted by atomic mass is 16.3. The number of nitrogens with zero attached hydrogens (tertiary/aromatic N) is 3. The van der Waals surface area contributed by atoms with Gasteiger partial charge in [-0.25, -0.2) is 0 Å². The molecule has 0 unspecified atom stereocenters. The molecule has 0 radical (unpaired) electrons. The molecule has 122 valence electrons. The molecule has 0 aliphatic heterocycles. The first-order valence-corrected chi connectivity index (χ1v) is 8.42. The monoisotopic (exact) mass is 313 g/mol. The maximum Gasteiger partial charge on any atom is 0.257 e. The SMILES string of the molecule is Cc1c(C(=O)N(Cc2ccc([C@H]3C[C@H]3C)o2)C2CC2)cnn1C. The lowest BCUT2D eigenvalue weighted by molar-refractivity contribution is 0.0716. The van der Waals surface area contributed by atoms with E-state index in [1.165, 1.54) is 6.42 Å². The number of rotatable bonds is 5. The lowest BCUT2D eigenvalue weighted by Crippen LogP contribution is -2.32. The van der Waals surface area contributed by atoms with E-state index in [2.05, 4.69) is 18.1 Å². The van der Waals surface area contributed by atoms with Gasteiger partial charge < -0.3 is 9.32 Å². The molecule has 2 saturated carbocycles. The number of carbonyl (C=O) groups is 1. The van der Waals surface area contributed by atoms with Crippen LogP contribution in [0.5, 0.6) is 0 Å². The van der Waals surface area contributed by atoms with Crippen LogP contribution in [0.2, 0.25) is 0 Å². The minimum atomic E-state index is 0.0656. The summed E-state index contributed by atoms with van der Waals surface area (Å²) >= 11 is 0. The highest BCUT2D eigenvalue weighted by molar-refractivity contribution is 5.95. The summed E-state index contributed by atoms with van der Waals surface area (Å²) in [6.07, 6.45) is 5.05. The van der Waals surface area contributed by atoms with Gasteiger partial charge in [-0.05, 0) is 44.2 Å². The minimum Gasteiger partial charge on any atom is -0.464 e. The molecule has 0 saturated heterocycles. The van der Waals surface area contributed by atoms with Crippen molar-refractivity contribution < 1.29 is 9.21 Å². The zero-order chi connectivity index (χ0) is 16.1. The van der Waals surface area contributed by atoms with Crippen molar-refractivity contribution in [2.75, 3.05) is 0 Å². The highest BCUT2D eigenvalue weighted by Crippen LogP contribution is 2.47. The van der Waals surface area contributed by atoms with Crippen LogP contribution in [0, 0.1) is 12.8 Å². The van der Waals surface area contributed by atoms with Crippen LogP contribution in [-0.4, -0.2) is 26.6 Å². The van der Waals surface area contributed by atoms with Crippen molar-refractivity contribution in [3.05, 3.63) is 41.1 Å². The summed E-state index contributed by atoms with van der Waals surface area (Å²) in [5, 5.41) is 4.20. The van der Waals surface area contributed by atoms with Crippen LogP contribution in [-0.2, 0) is 13.6 Å². The molecular weight excluding hydrogens is 290 g/mol. The van der Waals surface area contributed by atoms with E-state index in [9.17, 15) is 4.79 Å². The van der Waals surface area contributed by atoms with Gasteiger partial charge in [0.05, 0.1) is 18.3 Å². The largest absolute Gasteiger partial charge is 0.464 e. The summed E-state index contributed by atoms with van der Waals surface area (Å²) in [5.41, 5.74) is 1.61. The Balaban J connectivity index is 1.53. The summed E-state index contributed by atoms with van der Waals surface area (Å²) in [4.78, 5) is 14.8. The predicted octanol–water partition coefficient (Wildman–Crippen LogP) is 3.25. The molecule has 2 atom stereocenters. The second-order valence-electron chi connectivity index (χ2n) is 7.06. The van der Waals surface area contributed by atoms with E-state index < -0.39 is 0 Å². The lowest BCUT2D eigenvalue weighted by Gasteiger charge is -2.21. The molecule has 4 rings (SSSR count). The van der Waals surface area contributed by atoms with Crippen molar-refractivity contribution in [1.29, 1.82) is 0 Å². The molecule has 2 heterocycles. The summed E-state index contributed by atoms with van der Waals surface area (Å²) < 4.78 is 7.74. The van der Waals surface area contributed by atoms with Gasteiger partial charge in [-0.3, -0.25) is 9.48 Å². The minimum absolute atomic E-state index is 0.0656. The van der Waals surface area contributed by atoms with E-state index in [0.717, 1.165) is 36.0 Å². The third kappa shape index (κ3) is 2.69. The smallest absolute Gasteiger partial charge is 0.257 e. The van der Waals surface area contributed by atoms with Crippen molar-refractivity contribution in [3.8, 4) is 0 Å². The summed E-state index contributed by atoms with van der Waals surface area (Å²) in [5.74, 6) is 3.34. The van der Waals surface area contributed by atoms with Gasteiger partial charge in [-0.15, -0.1) is 0 Å². The van der Waals surface area contributed by atoms with Gasteiger partial charge >= 0.3 is 0 Å². The Morgan fingerprint density at radius 2 is 2.17 bits per heavy atom. The number of hydrogen-bond donors (Lipinski definition) is 0. The highest BCUT2D eigenvalue weighted by Gasteiger charge is 2.38. The summed E-state index contributed by atoms with van der Waals surface area (Å²) in [7, 11) is 1.86. The van der Waals surface area contributed by atoms with Crippen LogP contribution in [0.15, 0.2) is 22.7 Å². The average Bonchev–Trinajstić information content (AvgIpc) is 3.42. The topological polar surface area (TPSA) is 51.3 Å². The lowest BCUT2D eigenvalue weighted by atomic mass is 10.2. The van der Waals surface area contributed by atoms with Crippen LogP contribution in [0.25, 0.3) is 0 Å². The van der Waals surface area contributed by atoms with Crippen molar-refractivity contribution in [2.45, 2.75) is 51.6 Å². The molecule has 5 heteroatoms. The van der Waals surface area contributed by atoms with Gasteiger partial charge in [-0.1, -0.05) is 6.92 Å². The molecule has 2 aromatic heterocycles. The molecule has 5 nitrogen and oxygen atoms in total. The molecule has 2 aliphatic carbocycles. The predicted molar refractivity (Wildman–Crippen MR) is 86.1 cm³/mol. The number of furan rings is 1. The fraction of sp³-hybridized carbons (Fsp3) is 0.556. The van der Waals surface area contributed by atoms with Gasteiger partial charge in [0, 0.05) is 24.7 Å². The Morgan fingerprint density at radius 1 is 1.43 bits per heavy atom. The third-order valence-electron chi connectivity index (χ3n) is 5.20. The van der Waals surface area contributed by atoms with Gasteiger partial charge in [-0.2, -0.15) is 5.10 Å². The van der Waals surface area contributed by atoms with Crippen molar-refractivity contribution in [1.82, 2.24) is 14.7 Å². The summed E-state index contributed by atoms with van der Waals surface area (Å²) in [6.45, 7) is 4.74. The first kappa shape index (κ1) is 14.5. The van der Waals surface area contributed by atoms with E-state index in [4.69, 9.17) is 4.42 Å². The molecule has 0 spiro atoms. The second kappa shape index (κ2) is 5.25.